The number of fused-ring (bicyclic) bond motifs is 1. The molecule has 1 atom stereocenters. The summed E-state index contributed by atoms with van der Waals surface area (Å²) in [4.78, 5) is 39.2. The van der Waals surface area contributed by atoms with E-state index in [4.69, 9.17) is 9.72 Å². The lowest BCUT2D eigenvalue weighted by molar-refractivity contribution is -0.136. The Morgan fingerprint density at radius 2 is 1.62 bits per heavy atom. The summed E-state index contributed by atoms with van der Waals surface area (Å²) in [6.45, 7) is 12.9. The first-order valence-electron chi connectivity index (χ1n) is 11.9. The van der Waals surface area contributed by atoms with E-state index in [9.17, 15) is 9.59 Å². The van der Waals surface area contributed by atoms with Gasteiger partial charge in [0.2, 0.25) is 5.91 Å². The Labute approximate surface area is 191 Å². The summed E-state index contributed by atoms with van der Waals surface area (Å²) in [5.41, 5.74) is 3.94. The van der Waals surface area contributed by atoms with Crippen molar-refractivity contribution in [1.82, 2.24) is 14.9 Å². The second-order valence-electron chi connectivity index (χ2n) is 8.60. The Bertz CT molecular complexity index is 967. The first-order chi connectivity index (χ1) is 15.4. The zero-order valence-electron chi connectivity index (χ0n) is 20.1. The number of nitrogens with zero attached hydrogens (tertiary/aromatic N) is 4. The quantitative estimate of drug-likeness (QED) is 0.570. The van der Waals surface area contributed by atoms with Crippen LogP contribution in [0, 0.1) is 19.8 Å². The number of rotatable bonds is 8. The first-order valence-corrected chi connectivity index (χ1v) is 11.9. The van der Waals surface area contributed by atoms with Crippen molar-refractivity contribution in [2.24, 2.45) is 5.92 Å². The molecule has 1 aromatic carbocycles. The van der Waals surface area contributed by atoms with Gasteiger partial charge in [0.05, 0.1) is 17.6 Å². The standard InChI is InChI=1S/C25H36N4O3/c1-6-9-10-19(7-2)24(30)29-13-11-28(12-14-29)23-22(25(31)32-8-3)26-20-15-17(4)18(5)16-21(20)27-23/h15-16,19H,6-14H2,1-5H3. The Morgan fingerprint density at radius 3 is 2.19 bits per heavy atom. The van der Waals surface area contributed by atoms with Gasteiger partial charge in [-0.2, -0.15) is 0 Å². The minimum atomic E-state index is -0.459. The van der Waals surface area contributed by atoms with Crippen LogP contribution in [0.4, 0.5) is 5.82 Å². The monoisotopic (exact) mass is 440 g/mol. The number of amides is 1. The molecule has 0 spiro atoms. The summed E-state index contributed by atoms with van der Waals surface area (Å²) in [6, 6.07) is 3.97. The van der Waals surface area contributed by atoms with Crippen LogP contribution in [0.5, 0.6) is 0 Å². The third kappa shape index (κ3) is 5.19. The number of piperazine rings is 1. The summed E-state index contributed by atoms with van der Waals surface area (Å²) >= 11 is 0. The van der Waals surface area contributed by atoms with Crippen LogP contribution in [0.25, 0.3) is 11.0 Å². The molecule has 0 saturated carbocycles. The first kappa shape index (κ1) is 24.0. The summed E-state index contributed by atoms with van der Waals surface area (Å²) in [5, 5.41) is 0. The number of ether oxygens (including phenoxy) is 1. The van der Waals surface area contributed by atoms with Gasteiger partial charge in [0.25, 0.3) is 0 Å². The molecular weight excluding hydrogens is 404 g/mol. The summed E-state index contributed by atoms with van der Waals surface area (Å²) in [7, 11) is 0. The molecule has 32 heavy (non-hydrogen) atoms. The molecule has 0 radical (unpaired) electrons. The van der Waals surface area contributed by atoms with E-state index in [0.717, 1.165) is 42.3 Å². The summed E-state index contributed by atoms with van der Waals surface area (Å²) in [5.74, 6) is 0.439. The molecule has 3 rings (SSSR count). The van der Waals surface area contributed by atoms with E-state index in [-0.39, 0.29) is 24.1 Å². The van der Waals surface area contributed by atoms with Gasteiger partial charge in [0.15, 0.2) is 11.5 Å². The molecule has 1 fully saturated rings. The number of benzene rings is 1. The van der Waals surface area contributed by atoms with Crippen LogP contribution in [0.2, 0.25) is 0 Å². The molecule has 7 heteroatoms. The third-order valence-corrected chi connectivity index (χ3v) is 6.37. The molecule has 1 saturated heterocycles. The Balaban J connectivity index is 1.84. The molecule has 1 aliphatic rings. The Kier molecular flexibility index (Phi) is 8.04. The number of carbonyl (C=O) groups is 2. The normalized spacial score (nSPS) is 15.2. The summed E-state index contributed by atoms with van der Waals surface area (Å²) < 4.78 is 5.27. The van der Waals surface area contributed by atoms with Gasteiger partial charge in [-0.15, -0.1) is 0 Å². The molecule has 0 bridgehead atoms. The van der Waals surface area contributed by atoms with Crippen molar-refractivity contribution >= 4 is 28.7 Å². The van der Waals surface area contributed by atoms with E-state index in [1.165, 1.54) is 0 Å². The topological polar surface area (TPSA) is 75.6 Å². The molecule has 1 unspecified atom stereocenters. The average molecular weight is 441 g/mol. The lowest BCUT2D eigenvalue weighted by Crippen LogP contribution is -2.51. The highest BCUT2D eigenvalue weighted by Gasteiger charge is 2.29. The van der Waals surface area contributed by atoms with Gasteiger partial charge in [-0.1, -0.05) is 26.7 Å². The van der Waals surface area contributed by atoms with Crippen molar-refractivity contribution in [3.05, 3.63) is 29.0 Å². The van der Waals surface area contributed by atoms with Crippen LogP contribution in [-0.2, 0) is 9.53 Å². The van der Waals surface area contributed by atoms with Gasteiger partial charge < -0.3 is 14.5 Å². The van der Waals surface area contributed by atoms with E-state index in [1.54, 1.807) is 6.92 Å². The number of hydrogen-bond acceptors (Lipinski definition) is 6. The molecule has 1 amide bonds. The number of anilines is 1. The molecule has 7 nitrogen and oxygen atoms in total. The number of carbonyl (C=O) groups excluding carboxylic acids is 2. The van der Waals surface area contributed by atoms with Gasteiger partial charge in [0.1, 0.15) is 0 Å². The van der Waals surface area contributed by atoms with E-state index in [1.807, 2.05) is 30.9 Å². The van der Waals surface area contributed by atoms with Gasteiger partial charge in [0, 0.05) is 32.1 Å². The predicted molar refractivity (Wildman–Crippen MR) is 127 cm³/mol. The van der Waals surface area contributed by atoms with Crippen LogP contribution in [-0.4, -0.2) is 59.5 Å². The van der Waals surface area contributed by atoms with Crippen LogP contribution in [0.3, 0.4) is 0 Å². The molecular formula is C25H36N4O3. The SMILES string of the molecule is CCCCC(CC)C(=O)N1CCN(c2nc3cc(C)c(C)cc3nc2C(=O)OCC)CC1. The lowest BCUT2D eigenvalue weighted by Gasteiger charge is -2.37. The van der Waals surface area contributed by atoms with Crippen LogP contribution in [0.15, 0.2) is 12.1 Å². The third-order valence-electron chi connectivity index (χ3n) is 6.37. The molecule has 0 aliphatic carbocycles. The molecule has 174 valence electrons. The van der Waals surface area contributed by atoms with Gasteiger partial charge in [-0.3, -0.25) is 4.79 Å². The maximum absolute atomic E-state index is 13.0. The smallest absolute Gasteiger partial charge is 0.360 e. The number of esters is 1. The largest absolute Gasteiger partial charge is 0.461 e. The maximum atomic E-state index is 13.0. The molecule has 0 N–H and O–H groups in total. The zero-order chi connectivity index (χ0) is 23.3. The summed E-state index contributed by atoms with van der Waals surface area (Å²) in [6.07, 6.45) is 4.02. The van der Waals surface area contributed by atoms with Crippen LogP contribution >= 0.6 is 0 Å². The van der Waals surface area contributed by atoms with Crippen molar-refractivity contribution < 1.29 is 14.3 Å². The number of unbranched alkanes of at least 4 members (excludes halogenated alkanes) is 1. The molecule has 2 aromatic rings. The van der Waals surface area contributed by atoms with Crippen LogP contribution in [0.1, 0.15) is 68.1 Å². The second kappa shape index (κ2) is 10.7. The number of hydrogen-bond donors (Lipinski definition) is 0. The van der Waals surface area contributed by atoms with E-state index >= 15 is 0 Å². The van der Waals surface area contributed by atoms with Crippen molar-refractivity contribution in [2.75, 3.05) is 37.7 Å². The molecule has 2 heterocycles. The van der Waals surface area contributed by atoms with Gasteiger partial charge in [-0.05, 0) is 56.9 Å². The fourth-order valence-electron chi connectivity index (χ4n) is 4.21. The van der Waals surface area contributed by atoms with Crippen molar-refractivity contribution in [1.29, 1.82) is 0 Å². The lowest BCUT2D eigenvalue weighted by atomic mass is 9.97. The highest BCUT2D eigenvalue weighted by Crippen LogP contribution is 2.26. The maximum Gasteiger partial charge on any atom is 0.360 e. The van der Waals surface area contributed by atoms with Gasteiger partial charge >= 0.3 is 5.97 Å². The molecule has 1 aromatic heterocycles. The Hall–Kier alpha value is -2.70. The highest BCUT2D eigenvalue weighted by molar-refractivity contribution is 5.95. The van der Waals surface area contributed by atoms with Crippen molar-refractivity contribution in [3.63, 3.8) is 0 Å². The van der Waals surface area contributed by atoms with Crippen LogP contribution < -0.4 is 4.90 Å². The number of aryl methyl sites for hydroxylation is 2. The van der Waals surface area contributed by atoms with E-state index in [0.29, 0.717) is 37.5 Å². The minimum absolute atomic E-state index is 0.100. The fraction of sp³-hybridized carbons (Fsp3) is 0.600. The zero-order valence-corrected chi connectivity index (χ0v) is 20.1. The average Bonchev–Trinajstić information content (AvgIpc) is 2.79. The van der Waals surface area contributed by atoms with Gasteiger partial charge in [-0.25, -0.2) is 14.8 Å². The number of aromatic nitrogens is 2. The van der Waals surface area contributed by atoms with E-state index < -0.39 is 5.97 Å². The molecule has 1 aliphatic heterocycles. The fourth-order valence-corrected chi connectivity index (χ4v) is 4.21. The highest BCUT2D eigenvalue weighted by atomic mass is 16.5. The second-order valence-corrected chi connectivity index (χ2v) is 8.60. The van der Waals surface area contributed by atoms with Crippen molar-refractivity contribution in [3.8, 4) is 0 Å². The Morgan fingerprint density at radius 1 is 1.00 bits per heavy atom. The van der Waals surface area contributed by atoms with E-state index in [2.05, 4.69) is 23.7 Å². The predicted octanol–water partition coefficient (Wildman–Crippen LogP) is 4.29. The minimum Gasteiger partial charge on any atom is -0.461 e. The van der Waals surface area contributed by atoms with Crippen molar-refractivity contribution in [2.45, 2.75) is 60.3 Å².